The second kappa shape index (κ2) is 9.43. The zero-order valence-electron chi connectivity index (χ0n) is 18.0. The fourth-order valence-electron chi connectivity index (χ4n) is 3.96. The fourth-order valence-corrected chi connectivity index (χ4v) is 3.96. The Bertz CT molecular complexity index is 1110. The van der Waals surface area contributed by atoms with Crippen molar-refractivity contribution in [3.63, 3.8) is 0 Å². The third kappa shape index (κ3) is 4.69. The summed E-state index contributed by atoms with van der Waals surface area (Å²) in [5.41, 5.74) is 4.16. The predicted molar refractivity (Wildman–Crippen MR) is 126 cm³/mol. The molecule has 0 bridgehead atoms. The largest absolute Gasteiger partial charge is 0.354 e. The molecule has 1 aliphatic heterocycles. The minimum Gasteiger partial charge on any atom is -0.354 e. The maximum atomic E-state index is 13.5. The number of nitrogens with one attached hydrogen (secondary N) is 1. The first-order valence-electron chi connectivity index (χ1n) is 10.4. The van der Waals surface area contributed by atoms with Gasteiger partial charge in [-0.05, 0) is 76.4 Å². The molecule has 0 radical (unpaired) electrons. The molecule has 0 saturated carbocycles. The molecule has 1 aliphatic rings. The summed E-state index contributed by atoms with van der Waals surface area (Å²) in [5.74, 6) is 0.00516. The number of halogens is 1. The van der Waals surface area contributed by atoms with Gasteiger partial charge < -0.3 is 10.2 Å². The van der Waals surface area contributed by atoms with Gasteiger partial charge in [0.1, 0.15) is 0 Å². The zero-order valence-corrected chi connectivity index (χ0v) is 18.8. The highest BCUT2D eigenvalue weighted by Crippen LogP contribution is 2.31. The molecule has 1 N–H and O–H groups in total. The van der Waals surface area contributed by atoms with E-state index in [4.69, 9.17) is 0 Å². The Kier molecular flexibility index (Phi) is 6.91. The van der Waals surface area contributed by atoms with E-state index in [0.29, 0.717) is 22.5 Å². The number of nitrogens with zero attached hydrogens (tertiary/aromatic N) is 3. The minimum absolute atomic E-state index is 0. The van der Waals surface area contributed by atoms with Crippen LogP contribution in [0.15, 0.2) is 42.6 Å². The number of hydrogen-bond donors (Lipinski definition) is 1. The lowest BCUT2D eigenvalue weighted by Gasteiger charge is -2.34. The number of aromatic nitrogens is 2. The Labute approximate surface area is 188 Å². The number of pyridine rings is 2. The molecule has 1 saturated heterocycles. The van der Waals surface area contributed by atoms with Gasteiger partial charge in [-0.15, -0.1) is 12.4 Å². The van der Waals surface area contributed by atoms with Crippen molar-refractivity contribution in [2.45, 2.75) is 46.1 Å². The summed E-state index contributed by atoms with van der Waals surface area (Å²) in [6, 6.07) is 11.3. The maximum absolute atomic E-state index is 13.5. The van der Waals surface area contributed by atoms with Crippen LogP contribution in [0.25, 0.3) is 11.0 Å². The summed E-state index contributed by atoms with van der Waals surface area (Å²) in [4.78, 5) is 36.0. The quantitative estimate of drug-likeness (QED) is 0.558. The molecule has 6 nitrogen and oxygen atoms in total. The molecule has 1 unspecified atom stereocenters. The van der Waals surface area contributed by atoms with E-state index in [0.717, 1.165) is 42.6 Å². The number of likely N-dealkylation sites (tertiary alicyclic amines) is 1. The summed E-state index contributed by atoms with van der Waals surface area (Å²) < 4.78 is 0. The molecule has 2 aromatic heterocycles. The van der Waals surface area contributed by atoms with E-state index in [9.17, 15) is 9.59 Å². The van der Waals surface area contributed by atoms with Gasteiger partial charge in [0, 0.05) is 41.1 Å². The Morgan fingerprint density at radius 2 is 1.84 bits per heavy atom. The number of carbonyl (C=O) groups is 2. The maximum Gasteiger partial charge on any atom is 0.257 e. The van der Waals surface area contributed by atoms with Gasteiger partial charge in [-0.1, -0.05) is 0 Å². The Morgan fingerprint density at radius 1 is 1.10 bits per heavy atom. The minimum atomic E-state index is -0.0139. The smallest absolute Gasteiger partial charge is 0.257 e. The van der Waals surface area contributed by atoms with Crippen molar-refractivity contribution in [3.05, 3.63) is 59.4 Å². The molecular formula is C24H27ClN4O2. The lowest BCUT2D eigenvalue weighted by Crippen LogP contribution is -2.42. The topological polar surface area (TPSA) is 75.2 Å². The van der Waals surface area contributed by atoms with E-state index in [1.807, 2.05) is 36.1 Å². The average Bonchev–Trinajstić information content (AvgIpc) is 2.74. The lowest BCUT2D eigenvalue weighted by molar-refractivity contribution is 0.0636. The number of carbonyl (C=O) groups excluding carboxylic acids is 2. The van der Waals surface area contributed by atoms with Crippen molar-refractivity contribution < 1.29 is 9.59 Å². The van der Waals surface area contributed by atoms with Crippen LogP contribution in [0.4, 0.5) is 11.4 Å². The summed E-state index contributed by atoms with van der Waals surface area (Å²) in [6.07, 6.45) is 4.82. The summed E-state index contributed by atoms with van der Waals surface area (Å²) in [5, 5.41) is 4.20. The molecule has 162 valence electrons. The van der Waals surface area contributed by atoms with Gasteiger partial charge in [0.25, 0.3) is 5.91 Å². The predicted octanol–water partition coefficient (Wildman–Crippen LogP) is 5.32. The number of fused-ring (bicyclic) bond motifs is 1. The molecule has 31 heavy (non-hydrogen) atoms. The fraction of sp³-hybridized carbons (Fsp3) is 0.333. The van der Waals surface area contributed by atoms with Crippen molar-refractivity contribution in [1.29, 1.82) is 0 Å². The highest BCUT2D eigenvalue weighted by Gasteiger charge is 2.27. The Morgan fingerprint density at radius 3 is 2.52 bits per heavy atom. The molecule has 3 heterocycles. The van der Waals surface area contributed by atoms with Crippen LogP contribution in [0.5, 0.6) is 0 Å². The van der Waals surface area contributed by atoms with Crippen molar-refractivity contribution in [3.8, 4) is 0 Å². The number of anilines is 2. The number of ketones is 1. The SMILES string of the molecule is CC(=O)c1ccc(Nc2c(C(=O)N3CCCCC3C)cnc3nc(C)ccc23)cc1.Cl. The van der Waals surface area contributed by atoms with Crippen LogP contribution < -0.4 is 5.32 Å². The van der Waals surface area contributed by atoms with Gasteiger partial charge in [0.05, 0.1) is 11.3 Å². The van der Waals surface area contributed by atoms with E-state index < -0.39 is 0 Å². The third-order valence-electron chi connectivity index (χ3n) is 5.72. The molecule has 1 aromatic carbocycles. The summed E-state index contributed by atoms with van der Waals surface area (Å²) in [7, 11) is 0. The van der Waals surface area contributed by atoms with Crippen molar-refractivity contribution in [2.24, 2.45) is 0 Å². The molecule has 1 atom stereocenters. The van der Waals surface area contributed by atoms with Gasteiger partial charge in [-0.2, -0.15) is 0 Å². The lowest BCUT2D eigenvalue weighted by atomic mass is 10.0. The second-order valence-electron chi connectivity index (χ2n) is 7.97. The van der Waals surface area contributed by atoms with Gasteiger partial charge in [-0.25, -0.2) is 9.97 Å². The normalized spacial score (nSPS) is 16.0. The monoisotopic (exact) mass is 438 g/mol. The molecule has 1 fully saturated rings. The van der Waals surface area contributed by atoms with Crippen LogP contribution in [0.3, 0.4) is 0 Å². The molecule has 3 aromatic rings. The number of amides is 1. The molecule has 7 heteroatoms. The third-order valence-corrected chi connectivity index (χ3v) is 5.72. The number of aryl methyl sites for hydroxylation is 1. The van der Waals surface area contributed by atoms with E-state index in [1.165, 1.54) is 0 Å². The average molecular weight is 439 g/mol. The van der Waals surface area contributed by atoms with Gasteiger partial charge in [0.15, 0.2) is 11.4 Å². The van der Waals surface area contributed by atoms with Gasteiger partial charge >= 0.3 is 0 Å². The number of benzene rings is 1. The van der Waals surface area contributed by atoms with E-state index in [2.05, 4.69) is 22.2 Å². The first-order valence-corrected chi connectivity index (χ1v) is 10.4. The van der Waals surface area contributed by atoms with Crippen LogP contribution in [-0.4, -0.2) is 39.1 Å². The number of Topliss-reactive ketones (excluding diaryl/α,β-unsaturated/α-hetero) is 1. The first kappa shape index (κ1) is 22.7. The highest BCUT2D eigenvalue weighted by molar-refractivity contribution is 6.07. The molecule has 4 rings (SSSR count). The van der Waals surface area contributed by atoms with Crippen molar-refractivity contribution in [1.82, 2.24) is 14.9 Å². The van der Waals surface area contributed by atoms with Crippen LogP contribution in [0.2, 0.25) is 0 Å². The van der Waals surface area contributed by atoms with E-state index in [-0.39, 0.29) is 30.1 Å². The van der Waals surface area contributed by atoms with E-state index >= 15 is 0 Å². The Balaban J connectivity index is 0.00000272. The number of hydrogen-bond acceptors (Lipinski definition) is 5. The first-order chi connectivity index (χ1) is 14.4. The van der Waals surface area contributed by atoms with Crippen molar-refractivity contribution >= 4 is 46.5 Å². The van der Waals surface area contributed by atoms with E-state index in [1.54, 1.807) is 25.3 Å². The van der Waals surface area contributed by atoms with Crippen LogP contribution >= 0.6 is 12.4 Å². The molecule has 0 spiro atoms. The summed E-state index contributed by atoms with van der Waals surface area (Å²) in [6.45, 7) is 6.33. The molecule has 0 aliphatic carbocycles. The zero-order chi connectivity index (χ0) is 21.3. The second-order valence-corrected chi connectivity index (χ2v) is 7.97. The Hall–Kier alpha value is -2.99. The van der Waals surface area contributed by atoms with Crippen LogP contribution in [-0.2, 0) is 0 Å². The number of piperidine rings is 1. The summed E-state index contributed by atoms with van der Waals surface area (Å²) >= 11 is 0. The van der Waals surface area contributed by atoms with Crippen molar-refractivity contribution in [2.75, 3.05) is 11.9 Å². The molecule has 1 amide bonds. The van der Waals surface area contributed by atoms with Gasteiger partial charge in [0.2, 0.25) is 0 Å². The van der Waals surface area contributed by atoms with Gasteiger partial charge in [-0.3, -0.25) is 9.59 Å². The van der Waals surface area contributed by atoms with Crippen LogP contribution in [0.1, 0.15) is 59.5 Å². The van der Waals surface area contributed by atoms with Crippen LogP contribution in [0, 0.1) is 6.92 Å². The number of rotatable bonds is 4. The standard InChI is InChI=1S/C24H26N4O2.ClH/c1-15-7-12-20-22(27-19-10-8-18(9-11-19)17(3)29)21(14-25-23(20)26-15)24(30)28-13-5-4-6-16(28)2;/h7-12,14,16H,4-6,13H2,1-3H3,(H,25,26,27);1H. The molecular weight excluding hydrogens is 412 g/mol. The highest BCUT2D eigenvalue weighted by atomic mass is 35.5.